The van der Waals surface area contributed by atoms with Crippen molar-refractivity contribution < 1.29 is 13.2 Å². The first-order valence-electron chi connectivity index (χ1n) is 7.51. The molecule has 1 aromatic carbocycles. The van der Waals surface area contributed by atoms with Gasteiger partial charge in [-0.15, -0.1) is 0 Å². The van der Waals surface area contributed by atoms with E-state index in [0.717, 1.165) is 18.4 Å². The molecular weight excluding hydrogens is 286 g/mol. The van der Waals surface area contributed by atoms with Crippen LogP contribution in [0, 0.1) is 12.8 Å². The molecule has 1 aliphatic heterocycles. The van der Waals surface area contributed by atoms with E-state index < -0.39 is 9.84 Å². The summed E-state index contributed by atoms with van der Waals surface area (Å²) in [4.78, 5) is 14.6. The number of hydrogen-bond acceptors (Lipinski definition) is 3. The SMILES string of the molecule is Cc1cccc(CN(C(=O)C2CCS(=O)(=O)C2)C2CC2)c1. The summed E-state index contributed by atoms with van der Waals surface area (Å²) in [6.45, 7) is 2.64. The van der Waals surface area contributed by atoms with Gasteiger partial charge in [0, 0.05) is 12.6 Å². The van der Waals surface area contributed by atoms with E-state index >= 15 is 0 Å². The molecular formula is C16H21NO3S. The summed E-state index contributed by atoms with van der Waals surface area (Å²) in [5.74, 6) is -0.115. The summed E-state index contributed by atoms with van der Waals surface area (Å²) in [5.41, 5.74) is 2.30. The molecule has 1 aliphatic carbocycles. The van der Waals surface area contributed by atoms with E-state index in [1.54, 1.807) is 0 Å². The Morgan fingerprint density at radius 3 is 2.62 bits per heavy atom. The number of amides is 1. The normalized spacial score (nSPS) is 24.0. The lowest BCUT2D eigenvalue weighted by Gasteiger charge is -2.25. The van der Waals surface area contributed by atoms with Crippen molar-refractivity contribution in [2.75, 3.05) is 11.5 Å². The molecule has 1 heterocycles. The first-order chi connectivity index (χ1) is 9.94. The number of carbonyl (C=O) groups is 1. The van der Waals surface area contributed by atoms with Crippen LogP contribution in [-0.4, -0.2) is 36.8 Å². The molecule has 3 rings (SSSR count). The molecule has 2 aliphatic rings. The first-order valence-corrected chi connectivity index (χ1v) is 9.33. The molecule has 4 nitrogen and oxygen atoms in total. The zero-order valence-electron chi connectivity index (χ0n) is 12.3. The van der Waals surface area contributed by atoms with Gasteiger partial charge >= 0.3 is 0 Å². The largest absolute Gasteiger partial charge is 0.335 e. The van der Waals surface area contributed by atoms with Crippen molar-refractivity contribution in [2.24, 2.45) is 5.92 Å². The number of carbonyl (C=O) groups excluding carboxylic acids is 1. The highest BCUT2D eigenvalue weighted by atomic mass is 32.2. The minimum absolute atomic E-state index is 0.0279. The molecule has 2 fully saturated rings. The van der Waals surface area contributed by atoms with Crippen LogP contribution in [0.2, 0.25) is 0 Å². The van der Waals surface area contributed by atoms with Crippen molar-refractivity contribution in [3.63, 3.8) is 0 Å². The Morgan fingerprint density at radius 2 is 2.05 bits per heavy atom. The van der Waals surface area contributed by atoms with Crippen molar-refractivity contribution in [3.05, 3.63) is 35.4 Å². The molecule has 1 atom stereocenters. The summed E-state index contributed by atoms with van der Waals surface area (Å²) in [7, 11) is -3.01. The molecule has 1 unspecified atom stereocenters. The second-order valence-electron chi connectivity index (χ2n) is 6.29. The quantitative estimate of drug-likeness (QED) is 0.854. The highest BCUT2D eigenvalue weighted by Crippen LogP contribution is 2.32. The summed E-state index contributed by atoms with van der Waals surface area (Å²) in [6, 6.07) is 8.47. The molecule has 0 aromatic heterocycles. The maximum Gasteiger partial charge on any atom is 0.227 e. The molecule has 0 spiro atoms. The topological polar surface area (TPSA) is 54.5 Å². The van der Waals surface area contributed by atoms with E-state index in [9.17, 15) is 13.2 Å². The van der Waals surface area contributed by atoms with Gasteiger partial charge in [-0.1, -0.05) is 29.8 Å². The molecule has 0 radical (unpaired) electrons. The van der Waals surface area contributed by atoms with Gasteiger partial charge in [-0.25, -0.2) is 8.42 Å². The fourth-order valence-corrected chi connectivity index (χ4v) is 4.74. The van der Waals surface area contributed by atoms with Crippen LogP contribution >= 0.6 is 0 Å². The van der Waals surface area contributed by atoms with E-state index in [1.165, 1.54) is 5.56 Å². The van der Waals surface area contributed by atoms with Gasteiger partial charge in [0.1, 0.15) is 0 Å². The van der Waals surface area contributed by atoms with Gasteiger partial charge in [-0.3, -0.25) is 4.79 Å². The van der Waals surface area contributed by atoms with Crippen molar-refractivity contribution >= 4 is 15.7 Å². The predicted octanol–water partition coefficient (Wildman–Crippen LogP) is 1.92. The average molecular weight is 307 g/mol. The zero-order chi connectivity index (χ0) is 15.0. The number of hydrogen-bond donors (Lipinski definition) is 0. The maximum absolute atomic E-state index is 12.7. The van der Waals surface area contributed by atoms with Crippen molar-refractivity contribution in [2.45, 2.75) is 38.8 Å². The lowest BCUT2D eigenvalue weighted by Crippen LogP contribution is -2.37. The second-order valence-corrected chi connectivity index (χ2v) is 8.52. The number of benzene rings is 1. The predicted molar refractivity (Wildman–Crippen MR) is 81.5 cm³/mol. The number of sulfone groups is 1. The van der Waals surface area contributed by atoms with Crippen LogP contribution in [-0.2, 0) is 21.2 Å². The Hall–Kier alpha value is -1.36. The standard InChI is InChI=1S/C16H21NO3S/c1-12-3-2-4-13(9-12)10-17(15-5-6-15)16(18)14-7-8-21(19,20)11-14/h2-4,9,14-15H,5-8,10-11H2,1H3. The van der Waals surface area contributed by atoms with Gasteiger partial charge in [-0.2, -0.15) is 0 Å². The second kappa shape index (κ2) is 5.44. The van der Waals surface area contributed by atoms with Gasteiger partial charge in [0.2, 0.25) is 5.91 Å². The van der Waals surface area contributed by atoms with Crippen LogP contribution in [0.25, 0.3) is 0 Å². The summed E-state index contributed by atoms with van der Waals surface area (Å²) in [5, 5.41) is 0. The van der Waals surface area contributed by atoms with Gasteiger partial charge in [0.15, 0.2) is 9.84 Å². The van der Waals surface area contributed by atoms with Gasteiger partial charge in [0.05, 0.1) is 17.4 Å². The third-order valence-corrected chi connectivity index (χ3v) is 6.06. The van der Waals surface area contributed by atoms with Gasteiger partial charge in [0.25, 0.3) is 0 Å². The lowest BCUT2D eigenvalue weighted by atomic mass is 10.1. The number of nitrogens with zero attached hydrogens (tertiary/aromatic N) is 1. The van der Waals surface area contributed by atoms with Gasteiger partial charge in [-0.05, 0) is 31.7 Å². The van der Waals surface area contributed by atoms with E-state index in [4.69, 9.17) is 0 Å². The van der Waals surface area contributed by atoms with Crippen LogP contribution in [0.15, 0.2) is 24.3 Å². The van der Waals surface area contributed by atoms with Crippen LogP contribution in [0.5, 0.6) is 0 Å². The highest BCUT2D eigenvalue weighted by Gasteiger charge is 2.40. The smallest absolute Gasteiger partial charge is 0.227 e. The highest BCUT2D eigenvalue weighted by molar-refractivity contribution is 7.91. The summed E-state index contributed by atoms with van der Waals surface area (Å²) >= 11 is 0. The molecule has 1 aromatic rings. The number of aryl methyl sites for hydroxylation is 1. The van der Waals surface area contributed by atoms with E-state index in [-0.39, 0.29) is 23.3 Å². The zero-order valence-corrected chi connectivity index (χ0v) is 13.1. The molecule has 0 bridgehead atoms. The molecule has 1 saturated heterocycles. The first kappa shape index (κ1) is 14.6. The van der Waals surface area contributed by atoms with Gasteiger partial charge < -0.3 is 4.90 Å². The van der Waals surface area contributed by atoms with E-state index in [2.05, 4.69) is 6.07 Å². The third-order valence-electron chi connectivity index (χ3n) is 4.29. The Labute approximate surface area is 126 Å². The van der Waals surface area contributed by atoms with Crippen molar-refractivity contribution in [1.82, 2.24) is 4.90 Å². The minimum atomic E-state index is -3.01. The van der Waals surface area contributed by atoms with Crippen LogP contribution in [0.4, 0.5) is 0 Å². The molecule has 21 heavy (non-hydrogen) atoms. The monoisotopic (exact) mass is 307 g/mol. The number of rotatable bonds is 4. The molecule has 114 valence electrons. The van der Waals surface area contributed by atoms with Crippen LogP contribution in [0.3, 0.4) is 0 Å². The third kappa shape index (κ3) is 3.46. The molecule has 1 amide bonds. The molecule has 0 N–H and O–H groups in total. The Balaban J connectivity index is 1.74. The fourth-order valence-electron chi connectivity index (χ4n) is 3.00. The van der Waals surface area contributed by atoms with E-state index in [1.807, 2.05) is 30.0 Å². The Kier molecular flexibility index (Phi) is 3.78. The maximum atomic E-state index is 12.7. The van der Waals surface area contributed by atoms with Crippen molar-refractivity contribution in [3.8, 4) is 0 Å². The van der Waals surface area contributed by atoms with E-state index in [0.29, 0.717) is 19.0 Å². The Morgan fingerprint density at radius 1 is 1.29 bits per heavy atom. The van der Waals surface area contributed by atoms with Crippen LogP contribution < -0.4 is 0 Å². The summed E-state index contributed by atoms with van der Waals surface area (Å²) in [6.07, 6.45) is 2.56. The lowest BCUT2D eigenvalue weighted by molar-refractivity contribution is -0.136. The molecule has 5 heteroatoms. The molecule has 1 saturated carbocycles. The average Bonchev–Trinajstić information content (AvgIpc) is 3.19. The Bertz CT molecular complexity index is 649. The fraction of sp³-hybridized carbons (Fsp3) is 0.562. The summed E-state index contributed by atoms with van der Waals surface area (Å²) < 4.78 is 23.2. The van der Waals surface area contributed by atoms with Crippen LogP contribution in [0.1, 0.15) is 30.4 Å². The minimum Gasteiger partial charge on any atom is -0.335 e. The van der Waals surface area contributed by atoms with Crippen molar-refractivity contribution in [1.29, 1.82) is 0 Å².